The van der Waals surface area contributed by atoms with Gasteiger partial charge in [-0.1, -0.05) is 30.9 Å². The molecule has 21 heavy (non-hydrogen) atoms. The first-order valence-electron chi connectivity index (χ1n) is 7.29. The van der Waals surface area contributed by atoms with Crippen LogP contribution in [-0.2, 0) is 4.79 Å². The summed E-state index contributed by atoms with van der Waals surface area (Å²) in [5, 5.41) is 3.11. The third-order valence-corrected chi connectivity index (χ3v) is 4.22. The third-order valence-electron chi connectivity index (χ3n) is 3.93. The molecule has 1 fully saturated rings. The Morgan fingerprint density at radius 1 is 1.19 bits per heavy atom. The van der Waals surface area contributed by atoms with Crippen molar-refractivity contribution < 1.29 is 4.79 Å². The van der Waals surface area contributed by atoms with Gasteiger partial charge in [-0.2, -0.15) is 0 Å². The number of rotatable bonds is 3. The molecule has 1 saturated carbocycles. The average Bonchev–Trinajstić information content (AvgIpc) is 2.51. The second-order valence-corrected chi connectivity index (χ2v) is 5.83. The first-order chi connectivity index (χ1) is 10.2. The van der Waals surface area contributed by atoms with Gasteiger partial charge in [-0.25, -0.2) is 4.98 Å². The zero-order valence-electron chi connectivity index (χ0n) is 11.7. The Balaban J connectivity index is 1.77. The van der Waals surface area contributed by atoms with Crippen LogP contribution in [0, 0.1) is 5.92 Å². The van der Waals surface area contributed by atoms with Crippen LogP contribution in [0.15, 0.2) is 18.6 Å². The zero-order valence-corrected chi connectivity index (χ0v) is 12.4. The van der Waals surface area contributed by atoms with Crippen LogP contribution >= 0.6 is 11.6 Å². The lowest BCUT2D eigenvalue weighted by atomic mass is 9.87. The van der Waals surface area contributed by atoms with Gasteiger partial charge in [0.1, 0.15) is 16.7 Å². The van der Waals surface area contributed by atoms with Gasteiger partial charge >= 0.3 is 0 Å². The number of halogens is 1. The van der Waals surface area contributed by atoms with Gasteiger partial charge in [0, 0.05) is 18.8 Å². The van der Waals surface area contributed by atoms with E-state index >= 15 is 0 Å². The van der Waals surface area contributed by atoms with Crippen molar-refractivity contribution in [3.05, 3.63) is 23.7 Å². The molecule has 3 rings (SSSR count). The molecule has 0 saturated heterocycles. The monoisotopic (exact) mass is 304 g/mol. The molecule has 0 aliphatic heterocycles. The van der Waals surface area contributed by atoms with E-state index in [1.54, 1.807) is 18.6 Å². The number of pyridine rings is 1. The number of amides is 1. The summed E-state index contributed by atoms with van der Waals surface area (Å²) in [6.45, 7) is 0. The van der Waals surface area contributed by atoms with E-state index in [9.17, 15) is 4.79 Å². The SMILES string of the molecule is O=C(CC1CCCCC1)Nc1c(Cl)ncc2nccnc12. The van der Waals surface area contributed by atoms with Crippen molar-refractivity contribution in [3.8, 4) is 0 Å². The molecule has 2 heterocycles. The number of fused-ring (bicyclic) bond motifs is 1. The molecule has 0 aromatic carbocycles. The summed E-state index contributed by atoms with van der Waals surface area (Å²) < 4.78 is 0. The Morgan fingerprint density at radius 3 is 2.76 bits per heavy atom. The normalized spacial score (nSPS) is 16.0. The van der Waals surface area contributed by atoms with Gasteiger partial charge in [0.2, 0.25) is 5.91 Å². The highest BCUT2D eigenvalue weighted by Crippen LogP contribution is 2.29. The van der Waals surface area contributed by atoms with Crippen LogP contribution in [0.25, 0.3) is 11.0 Å². The quantitative estimate of drug-likeness (QED) is 0.880. The zero-order chi connectivity index (χ0) is 14.7. The van der Waals surface area contributed by atoms with E-state index in [1.165, 1.54) is 19.3 Å². The molecule has 1 aliphatic rings. The van der Waals surface area contributed by atoms with Crippen LogP contribution < -0.4 is 5.32 Å². The lowest BCUT2D eigenvalue weighted by molar-refractivity contribution is -0.117. The van der Waals surface area contributed by atoms with Gasteiger partial charge in [0.05, 0.1) is 6.20 Å². The fourth-order valence-electron chi connectivity index (χ4n) is 2.87. The van der Waals surface area contributed by atoms with Crippen LogP contribution in [0.4, 0.5) is 5.69 Å². The van der Waals surface area contributed by atoms with Crippen molar-refractivity contribution in [3.63, 3.8) is 0 Å². The van der Waals surface area contributed by atoms with Crippen LogP contribution in [0.1, 0.15) is 38.5 Å². The van der Waals surface area contributed by atoms with Crippen molar-refractivity contribution in [1.82, 2.24) is 15.0 Å². The summed E-state index contributed by atoms with van der Waals surface area (Å²) in [4.78, 5) is 24.7. The van der Waals surface area contributed by atoms with Crippen LogP contribution in [0.3, 0.4) is 0 Å². The smallest absolute Gasteiger partial charge is 0.224 e. The minimum atomic E-state index is -0.0243. The first kappa shape index (κ1) is 14.2. The molecule has 1 N–H and O–H groups in total. The van der Waals surface area contributed by atoms with E-state index in [4.69, 9.17) is 11.6 Å². The molecular weight excluding hydrogens is 288 g/mol. The second kappa shape index (κ2) is 6.35. The number of hydrogen-bond donors (Lipinski definition) is 1. The predicted octanol–water partition coefficient (Wildman–Crippen LogP) is 3.59. The maximum atomic E-state index is 12.2. The highest BCUT2D eigenvalue weighted by atomic mass is 35.5. The standard InChI is InChI=1S/C15H17ClN4O/c16-15-14(13-11(9-19-15)17-6-7-18-13)20-12(21)8-10-4-2-1-3-5-10/h6-7,9-10H,1-5,8H2,(H,20,21). The summed E-state index contributed by atoms with van der Waals surface area (Å²) in [6, 6.07) is 0. The highest BCUT2D eigenvalue weighted by Gasteiger charge is 2.19. The fraction of sp³-hybridized carbons (Fsp3) is 0.467. The Hall–Kier alpha value is -1.75. The summed E-state index contributed by atoms with van der Waals surface area (Å²) >= 11 is 6.10. The van der Waals surface area contributed by atoms with E-state index in [1.807, 2.05) is 0 Å². The third kappa shape index (κ3) is 3.29. The molecule has 2 aromatic rings. The van der Waals surface area contributed by atoms with Crippen molar-refractivity contribution in [2.24, 2.45) is 5.92 Å². The molecule has 2 aromatic heterocycles. The number of nitrogens with zero attached hydrogens (tertiary/aromatic N) is 3. The Labute approximate surface area is 128 Å². The van der Waals surface area contributed by atoms with E-state index in [0.29, 0.717) is 29.1 Å². The number of hydrogen-bond acceptors (Lipinski definition) is 4. The summed E-state index contributed by atoms with van der Waals surface area (Å²) in [6.07, 6.45) is 11.3. The molecule has 0 spiro atoms. The largest absolute Gasteiger partial charge is 0.322 e. The van der Waals surface area contributed by atoms with Gasteiger partial charge in [-0.3, -0.25) is 14.8 Å². The van der Waals surface area contributed by atoms with Gasteiger partial charge in [-0.15, -0.1) is 0 Å². The Bertz CT molecular complexity index is 655. The number of nitrogens with one attached hydrogen (secondary N) is 1. The average molecular weight is 305 g/mol. The van der Waals surface area contributed by atoms with Crippen molar-refractivity contribution >= 4 is 34.2 Å². The van der Waals surface area contributed by atoms with E-state index in [2.05, 4.69) is 20.3 Å². The summed E-state index contributed by atoms with van der Waals surface area (Å²) in [5.41, 5.74) is 1.66. The van der Waals surface area contributed by atoms with Gasteiger partial charge < -0.3 is 5.32 Å². The van der Waals surface area contributed by atoms with Crippen molar-refractivity contribution in [2.45, 2.75) is 38.5 Å². The number of aromatic nitrogens is 3. The van der Waals surface area contributed by atoms with Gasteiger partial charge in [0.15, 0.2) is 5.15 Å². The van der Waals surface area contributed by atoms with Crippen LogP contribution in [-0.4, -0.2) is 20.9 Å². The molecule has 0 unspecified atom stereocenters. The summed E-state index contributed by atoms with van der Waals surface area (Å²) in [7, 11) is 0. The first-order valence-corrected chi connectivity index (χ1v) is 7.67. The molecule has 5 nitrogen and oxygen atoms in total. The lowest BCUT2D eigenvalue weighted by Crippen LogP contribution is -2.19. The molecule has 0 radical (unpaired) electrons. The minimum Gasteiger partial charge on any atom is -0.322 e. The van der Waals surface area contributed by atoms with Crippen molar-refractivity contribution in [1.29, 1.82) is 0 Å². The Kier molecular flexibility index (Phi) is 4.29. The van der Waals surface area contributed by atoms with E-state index < -0.39 is 0 Å². The van der Waals surface area contributed by atoms with E-state index in [0.717, 1.165) is 12.8 Å². The predicted molar refractivity (Wildman–Crippen MR) is 82.2 cm³/mol. The van der Waals surface area contributed by atoms with E-state index in [-0.39, 0.29) is 11.1 Å². The number of carbonyl (C=O) groups is 1. The molecule has 1 amide bonds. The van der Waals surface area contributed by atoms with Gasteiger partial charge in [-0.05, 0) is 18.8 Å². The minimum absolute atomic E-state index is 0.0243. The Morgan fingerprint density at radius 2 is 1.95 bits per heavy atom. The van der Waals surface area contributed by atoms with Gasteiger partial charge in [0.25, 0.3) is 0 Å². The van der Waals surface area contributed by atoms with Crippen molar-refractivity contribution in [2.75, 3.05) is 5.32 Å². The van der Waals surface area contributed by atoms with Crippen LogP contribution in [0.2, 0.25) is 5.15 Å². The molecule has 1 aliphatic carbocycles. The molecular formula is C15H17ClN4O. The molecule has 6 heteroatoms. The second-order valence-electron chi connectivity index (χ2n) is 5.47. The molecule has 0 bridgehead atoms. The molecule has 110 valence electrons. The maximum Gasteiger partial charge on any atom is 0.224 e. The van der Waals surface area contributed by atoms with Crippen LogP contribution in [0.5, 0.6) is 0 Å². The maximum absolute atomic E-state index is 12.2. The lowest BCUT2D eigenvalue weighted by Gasteiger charge is -2.21. The highest BCUT2D eigenvalue weighted by molar-refractivity contribution is 6.34. The number of carbonyl (C=O) groups excluding carboxylic acids is 1. The fourth-order valence-corrected chi connectivity index (χ4v) is 3.06. The summed E-state index contributed by atoms with van der Waals surface area (Å²) in [5.74, 6) is 0.454. The number of anilines is 1. The molecule has 0 atom stereocenters. The topological polar surface area (TPSA) is 67.8 Å².